The van der Waals surface area contributed by atoms with E-state index in [1.807, 2.05) is 22.7 Å². The van der Waals surface area contributed by atoms with Gasteiger partial charge in [0.05, 0.1) is 18.0 Å². The van der Waals surface area contributed by atoms with Gasteiger partial charge in [0.15, 0.2) is 5.65 Å². The third-order valence-electron chi connectivity index (χ3n) is 4.43. The van der Waals surface area contributed by atoms with E-state index in [2.05, 4.69) is 20.4 Å². The summed E-state index contributed by atoms with van der Waals surface area (Å²) in [5.41, 5.74) is 2.58. The lowest BCUT2D eigenvalue weighted by molar-refractivity contribution is 0.126. The summed E-state index contributed by atoms with van der Waals surface area (Å²) in [5, 5.41) is 18.2. The number of rotatable bonds is 3. The molecule has 0 radical (unpaired) electrons. The van der Waals surface area contributed by atoms with E-state index in [0.29, 0.717) is 11.2 Å². The van der Waals surface area contributed by atoms with Crippen molar-refractivity contribution in [2.24, 2.45) is 0 Å². The monoisotopic (exact) mass is 343 g/mol. The van der Waals surface area contributed by atoms with Gasteiger partial charge in [-0.25, -0.2) is 14.5 Å². The number of nitrogens with zero attached hydrogens (tertiary/aromatic N) is 4. The van der Waals surface area contributed by atoms with Crippen molar-refractivity contribution < 1.29 is 5.11 Å². The zero-order valence-corrected chi connectivity index (χ0v) is 13.8. The van der Waals surface area contributed by atoms with Gasteiger partial charge in [-0.05, 0) is 49.9 Å². The van der Waals surface area contributed by atoms with Crippen LogP contribution in [0.25, 0.3) is 16.9 Å². The second-order valence-electron chi connectivity index (χ2n) is 6.15. The quantitative estimate of drug-likeness (QED) is 0.714. The van der Waals surface area contributed by atoms with E-state index in [-0.39, 0.29) is 6.10 Å². The first-order chi connectivity index (χ1) is 11.7. The topological polar surface area (TPSA) is 75.3 Å². The Hall–Kier alpha value is -2.18. The molecule has 1 aliphatic carbocycles. The highest BCUT2D eigenvalue weighted by atomic mass is 35.5. The average molecular weight is 344 g/mol. The highest BCUT2D eigenvalue weighted by molar-refractivity contribution is 6.29. The molecule has 124 valence electrons. The molecule has 0 unspecified atom stereocenters. The van der Waals surface area contributed by atoms with E-state index in [0.717, 1.165) is 48.4 Å². The van der Waals surface area contributed by atoms with Gasteiger partial charge in [0.25, 0.3) is 0 Å². The van der Waals surface area contributed by atoms with Crippen LogP contribution in [0.4, 0.5) is 5.82 Å². The number of aliphatic hydroxyl groups is 1. The first-order valence-corrected chi connectivity index (χ1v) is 8.48. The predicted molar refractivity (Wildman–Crippen MR) is 93.1 cm³/mol. The Morgan fingerprint density at radius 3 is 2.75 bits per heavy atom. The molecule has 3 aromatic heterocycles. The number of aromatic nitrogens is 4. The third-order valence-corrected chi connectivity index (χ3v) is 4.64. The molecule has 0 spiro atoms. The molecule has 2 N–H and O–H groups in total. The molecule has 1 aliphatic rings. The van der Waals surface area contributed by atoms with Gasteiger partial charge in [-0.15, -0.1) is 5.10 Å². The van der Waals surface area contributed by atoms with Crippen molar-refractivity contribution in [3.8, 4) is 11.3 Å². The minimum atomic E-state index is -0.157. The van der Waals surface area contributed by atoms with Crippen LogP contribution in [0, 0.1) is 0 Å². The van der Waals surface area contributed by atoms with Crippen LogP contribution >= 0.6 is 11.6 Å². The Labute approximate surface area is 144 Å². The van der Waals surface area contributed by atoms with Gasteiger partial charge in [-0.1, -0.05) is 11.6 Å². The Morgan fingerprint density at radius 1 is 1.12 bits per heavy atom. The number of pyridine rings is 1. The van der Waals surface area contributed by atoms with Crippen LogP contribution in [0.15, 0.2) is 36.7 Å². The van der Waals surface area contributed by atoms with Gasteiger partial charge in [0, 0.05) is 17.8 Å². The molecule has 1 fully saturated rings. The molecule has 0 saturated heterocycles. The van der Waals surface area contributed by atoms with E-state index in [9.17, 15) is 5.11 Å². The molecular weight excluding hydrogens is 326 g/mol. The number of nitrogens with one attached hydrogen (secondary N) is 1. The van der Waals surface area contributed by atoms with Crippen LogP contribution in [0.3, 0.4) is 0 Å². The van der Waals surface area contributed by atoms with E-state index < -0.39 is 0 Å². The zero-order chi connectivity index (χ0) is 16.5. The highest BCUT2D eigenvalue weighted by Gasteiger charge is 2.19. The fourth-order valence-corrected chi connectivity index (χ4v) is 3.31. The summed E-state index contributed by atoms with van der Waals surface area (Å²) in [4.78, 5) is 8.41. The standard InChI is InChI=1S/C17H18ClN5O/c18-15-9-11(7-8-19-15)14-10-20-17-6-5-16(22-23(14)17)21-12-1-3-13(24)4-2-12/h5-10,12-13,24H,1-4H2,(H,21,22). The maximum atomic E-state index is 9.62. The van der Waals surface area contributed by atoms with Crippen molar-refractivity contribution >= 4 is 23.1 Å². The molecular formula is C17H18ClN5O. The third kappa shape index (κ3) is 3.07. The number of imidazole rings is 1. The van der Waals surface area contributed by atoms with Gasteiger partial charge < -0.3 is 10.4 Å². The number of fused-ring (bicyclic) bond motifs is 1. The van der Waals surface area contributed by atoms with Crippen LogP contribution in [0.5, 0.6) is 0 Å². The maximum Gasteiger partial charge on any atom is 0.154 e. The van der Waals surface area contributed by atoms with Crippen molar-refractivity contribution in [1.29, 1.82) is 0 Å². The van der Waals surface area contributed by atoms with Crippen LogP contribution in [-0.4, -0.2) is 36.8 Å². The normalized spacial score (nSPS) is 21.1. The molecule has 0 bridgehead atoms. The molecule has 24 heavy (non-hydrogen) atoms. The molecule has 0 aromatic carbocycles. The summed E-state index contributed by atoms with van der Waals surface area (Å²) in [6.45, 7) is 0. The van der Waals surface area contributed by atoms with Crippen molar-refractivity contribution in [1.82, 2.24) is 19.6 Å². The summed E-state index contributed by atoms with van der Waals surface area (Å²) >= 11 is 5.99. The smallest absolute Gasteiger partial charge is 0.154 e. The van der Waals surface area contributed by atoms with Crippen molar-refractivity contribution in [2.45, 2.75) is 37.8 Å². The lowest BCUT2D eigenvalue weighted by Crippen LogP contribution is -2.28. The summed E-state index contributed by atoms with van der Waals surface area (Å²) in [5.74, 6) is 0.809. The van der Waals surface area contributed by atoms with Crippen LogP contribution < -0.4 is 5.32 Å². The summed E-state index contributed by atoms with van der Waals surface area (Å²) in [7, 11) is 0. The molecule has 3 heterocycles. The average Bonchev–Trinajstić information content (AvgIpc) is 3.00. The second-order valence-corrected chi connectivity index (χ2v) is 6.54. The molecule has 0 amide bonds. The summed E-state index contributed by atoms with van der Waals surface area (Å²) in [6.07, 6.45) is 6.89. The number of hydrogen-bond acceptors (Lipinski definition) is 5. The second kappa shape index (κ2) is 6.37. The van der Waals surface area contributed by atoms with Crippen molar-refractivity contribution in [2.75, 3.05) is 5.32 Å². The van der Waals surface area contributed by atoms with Crippen LogP contribution in [0.1, 0.15) is 25.7 Å². The van der Waals surface area contributed by atoms with E-state index in [1.165, 1.54) is 0 Å². The first kappa shape index (κ1) is 15.4. The number of hydrogen-bond donors (Lipinski definition) is 2. The van der Waals surface area contributed by atoms with E-state index in [1.54, 1.807) is 18.5 Å². The minimum Gasteiger partial charge on any atom is -0.393 e. The molecule has 3 aromatic rings. The van der Waals surface area contributed by atoms with Gasteiger partial charge in [-0.2, -0.15) is 0 Å². The first-order valence-electron chi connectivity index (χ1n) is 8.10. The van der Waals surface area contributed by atoms with Gasteiger partial charge in [0.1, 0.15) is 11.0 Å². The number of anilines is 1. The molecule has 4 rings (SSSR count). The van der Waals surface area contributed by atoms with E-state index in [4.69, 9.17) is 11.6 Å². The van der Waals surface area contributed by atoms with Gasteiger partial charge in [0.2, 0.25) is 0 Å². The molecule has 6 nitrogen and oxygen atoms in total. The van der Waals surface area contributed by atoms with E-state index >= 15 is 0 Å². The van der Waals surface area contributed by atoms with Crippen LogP contribution in [0.2, 0.25) is 5.15 Å². The maximum absolute atomic E-state index is 9.62. The Bertz CT molecular complexity index is 857. The fourth-order valence-electron chi connectivity index (χ4n) is 3.14. The van der Waals surface area contributed by atoms with Crippen LogP contribution in [-0.2, 0) is 0 Å². The van der Waals surface area contributed by atoms with Gasteiger partial charge >= 0.3 is 0 Å². The highest BCUT2D eigenvalue weighted by Crippen LogP contribution is 2.24. The molecule has 1 saturated carbocycles. The Morgan fingerprint density at radius 2 is 1.96 bits per heavy atom. The summed E-state index contributed by atoms with van der Waals surface area (Å²) < 4.78 is 1.81. The lowest BCUT2D eigenvalue weighted by atomic mass is 9.93. The Kier molecular flexibility index (Phi) is 4.08. The SMILES string of the molecule is OC1CCC(Nc2ccc3ncc(-c4ccnc(Cl)c4)n3n2)CC1. The zero-order valence-electron chi connectivity index (χ0n) is 13.1. The largest absolute Gasteiger partial charge is 0.393 e. The van der Waals surface area contributed by atoms with Crippen molar-refractivity contribution in [3.63, 3.8) is 0 Å². The fraction of sp³-hybridized carbons (Fsp3) is 0.353. The van der Waals surface area contributed by atoms with Crippen molar-refractivity contribution in [3.05, 3.63) is 41.8 Å². The predicted octanol–water partition coefficient (Wildman–Crippen LogP) is 3.16. The number of aliphatic hydroxyl groups excluding tert-OH is 1. The Balaban J connectivity index is 1.63. The molecule has 0 aliphatic heterocycles. The lowest BCUT2D eigenvalue weighted by Gasteiger charge is -2.26. The number of halogens is 1. The minimum absolute atomic E-state index is 0.157. The molecule has 0 atom stereocenters. The summed E-state index contributed by atoms with van der Waals surface area (Å²) in [6, 6.07) is 7.92. The molecule has 7 heteroatoms. The van der Waals surface area contributed by atoms with Gasteiger partial charge in [-0.3, -0.25) is 0 Å².